The number of amides is 3. The molecule has 1 saturated heterocycles. The Labute approximate surface area is 157 Å². The number of hydrogen-bond donors (Lipinski definition) is 2. The van der Waals surface area contributed by atoms with Crippen molar-refractivity contribution in [2.24, 2.45) is 5.92 Å². The van der Waals surface area contributed by atoms with Crippen LogP contribution in [0, 0.1) is 5.92 Å². The summed E-state index contributed by atoms with van der Waals surface area (Å²) in [5.41, 5.74) is 1.72. The van der Waals surface area contributed by atoms with Gasteiger partial charge in [-0.1, -0.05) is 30.3 Å². The molecule has 2 aliphatic rings. The lowest BCUT2D eigenvalue weighted by atomic mass is 10.1. The Hall–Kier alpha value is -3.15. The first-order chi connectivity index (χ1) is 13.1. The van der Waals surface area contributed by atoms with Crippen molar-refractivity contribution in [3.05, 3.63) is 60.2 Å². The van der Waals surface area contributed by atoms with Gasteiger partial charge in [0.15, 0.2) is 0 Å². The maximum Gasteiger partial charge on any atom is 0.253 e. The topological polar surface area (TPSA) is 78.5 Å². The maximum absolute atomic E-state index is 12.7. The van der Waals surface area contributed by atoms with Crippen LogP contribution in [0.15, 0.2) is 54.6 Å². The predicted octanol–water partition coefficient (Wildman–Crippen LogP) is 2.57. The molecule has 2 N–H and O–H groups in total. The number of rotatable bonds is 5. The molecular weight excluding hydrogens is 342 g/mol. The minimum absolute atomic E-state index is 0.0684. The van der Waals surface area contributed by atoms with Gasteiger partial charge < -0.3 is 15.5 Å². The van der Waals surface area contributed by atoms with Crippen LogP contribution in [0.25, 0.3) is 0 Å². The van der Waals surface area contributed by atoms with Gasteiger partial charge in [0.2, 0.25) is 11.8 Å². The Morgan fingerprint density at radius 3 is 2.41 bits per heavy atom. The van der Waals surface area contributed by atoms with E-state index in [1.165, 1.54) is 0 Å². The van der Waals surface area contributed by atoms with Crippen molar-refractivity contribution in [2.45, 2.75) is 25.3 Å². The highest BCUT2D eigenvalue weighted by Crippen LogP contribution is 2.27. The molecule has 0 radical (unpaired) electrons. The van der Waals surface area contributed by atoms with Crippen molar-refractivity contribution in [1.29, 1.82) is 0 Å². The smallest absolute Gasteiger partial charge is 0.253 e. The van der Waals surface area contributed by atoms with E-state index in [1.54, 1.807) is 29.2 Å². The van der Waals surface area contributed by atoms with Gasteiger partial charge in [0.25, 0.3) is 5.91 Å². The number of para-hydroxylation sites is 2. The van der Waals surface area contributed by atoms with Gasteiger partial charge in [-0.25, -0.2) is 0 Å². The highest BCUT2D eigenvalue weighted by atomic mass is 16.2. The van der Waals surface area contributed by atoms with E-state index in [1.807, 2.05) is 30.3 Å². The summed E-state index contributed by atoms with van der Waals surface area (Å²) >= 11 is 0. The summed E-state index contributed by atoms with van der Waals surface area (Å²) in [4.78, 5) is 39.1. The average molecular weight is 363 g/mol. The third-order valence-electron chi connectivity index (χ3n) is 4.91. The summed E-state index contributed by atoms with van der Waals surface area (Å²) in [6, 6.07) is 16.5. The molecule has 2 aromatic rings. The fourth-order valence-corrected chi connectivity index (χ4v) is 3.26. The molecule has 0 bridgehead atoms. The lowest BCUT2D eigenvalue weighted by molar-refractivity contribution is -0.122. The van der Waals surface area contributed by atoms with E-state index in [4.69, 9.17) is 0 Å². The lowest BCUT2D eigenvalue weighted by Crippen LogP contribution is -2.30. The Balaban J connectivity index is 1.45. The zero-order chi connectivity index (χ0) is 18.8. The SMILES string of the molecule is O=C(NC1CC1)c1ccccc1NC(=O)[C@@H]1CC(=O)N(c2ccccc2)C1. The second-order valence-electron chi connectivity index (χ2n) is 7.02. The van der Waals surface area contributed by atoms with E-state index in [2.05, 4.69) is 10.6 Å². The van der Waals surface area contributed by atoms with Gasteiger partial charge in [-0.3, -0.25) is 14.4 Å². The zero-order valence-corrected chi connectivity index (χ0v) is 14.9. The summed E-state index contributed by atoms with van der Waals surface area (Å²) in [5, 5.41) is 5.78. The number of benzene rings is 2. The molecule has 1 atom stereocenters. The highest BCUT2D eigenvalue weighted by Gasteiger charge is 2.35. The minimum atomic E-state index is -0.447. The van der Waals surface area contributed by atoms with E-state index >= 15 is 0 Å². The largest absolute Gasteiger partial charge is 0.349 e. The molecule has 0 spiro atoms. The highest BCUT2D eigenvalue weighted by molar-refractivity contribution is 6.07. The quantitative estimate of drug-likeness (QED) is 0.857. The molecule has 138 valence electrons. The monoisotopic (exact) mass is 363 g/mol. The summed E-state index contributed by atoms with van der Waals surface area (Å²) in [6.07, 6.45) is 2.16. The van der Waals surface area contributed by atoms with Crippen LogP contribution in [0.5, 0.6) is 0 Å². The van der Waals surface area contributed by atoms with Crippen LogP contribution in [0.1, 0.15) is 29.6 Å². The van der Waals surface area contributed by atoms with Gasteiger partial charge in [-0.15, -0.1) is 0 Å². The Morgan fingerprint density at radius 2 is 1.67 bits per heavy atom. The Kier molecular flexibility index (Phi) is 4.62. The number of carbonyl (C=O) groups excluding carboxylic acids is 3. The molecule has 2 fully saturated rings. The number of anilines is 2. The number of nitrogens with one attached hydrogen (secondary N) is 2. The Morgan fingerprint density at radius 1 is 0.963 bits per heavy atom. The van der Waals surface area contributed by atoms with Crippen LogP contribution in [0.4, 0.5) is 11.4 Å². The fraction of sp³-hybridized carbons (Fsp3) is 0.286. The number of hydrogen-bond acceptors (Lipinski definition) is 3. The minimum Gasteiger partial charge on any atom is -0.349 e. The van der Waals surface area contributed by atoms with Crippen LogP contribution in [0.2, 0.25) is 0 Å². The maximum atomic E-state index is 12.7. The van der Waals surface area contributed by atoms with E-state index in [0.717, 1.165) is 18.5 Å². The van der Waals surface area contributed by atoms with E-state index in [0.29, 0.717) is 17.8 Å². The second-order valence-corrected chi connectivity index (χ2v) is 7.02. The van der Waals surface area contributed by atoms with Crippen molar-refractivity contribution >= 4 is 29.1 Å². The zero-order valence-electron chi connectivity index (χ0n) is 14.9. The molecule has 1 aliphatic carbocycles. The summed E-state index contributed by atoms with van der Waals surface area (Å²) in [6.45, 7) is 0.338. The van der Waals surface area contributed by atoms with Gasteiger partial charge in [0, 0.05) is 24.7 Å². The molecule has 0 unspecified atom stereocenters. The van der Waals surface area contributed by atoms with Gasteiger partial charge >= 0.3 is 0 Å². The summed E-state index contributed by atoms with van der Waals surface area (Å²) < 4.78 is 0. The van der Waals surface area contributed by atoms with Crippen molar-refractivity contribution in [3.8, 4) is 0 Å². The lowest BCUT2D eigenvalue weighted by Gasteiger charge is -2.17. The van der Waals surface area contributed by atoms with E-state index < -0.39 is 5.92 Å². The summed E-state index contributed by atoms with van der Waals surface area (Å²) in [7, 11) is 0. The average Bonchev–Trinajstić information content (AvgIpc) is 3.41. The molecule has 6 heteroatoms. The molecule has 0 aromatic heterocycles. The molecule has 27 heavy (non-hydrogen) atoms. The van der Waals surface area contributed by atoms with Gasteiger partial charge in [0.1, 0.15) is 0 Å². The summed E-state index contributed by atoms with van der Waals surface area (Å²) in [5.74, 6) is -0.936. The molecule has 1 saturated carbocycles. The number of carbonyl (C=O) groups is 3. The first-order valence-corrected chi connectivity index (χ1v) is 9.18. The first kappa shape index (κ1) is 17.3. The van der Waals surface area contributed by atoms with Crippen molar-refractivity contribution in [3.63, 3.8) is 0 Å². The normalized spacial score (nSPS) is 19.0. The van der Waals surface area contributed by atoms with Gasteiger partial charge in [0.05, 0.1) is 17.2 Å². The van der Waals surface area contributed by atoms with Crippen LogP contribution in [-0.4, -0.2) is 30.3 Å². The van der Waals surface area contributed by atoms with Gasteiger partial charge in [-0.05, 0) is 37.1 Å². The van der Waals surface area contributed by atoms with Crippen molar-refractivity contribution in [1.82, 2.24) is 5.32 Å². The molecule has 4 rings (SSSR count). The third-order valence-corrected chi connectivity index (χ3v) is 4.91. The fourth-order valence-electron chi connectivity index (χ4n) is 3.26. The number of nitrogens with zero attached hydrogens (tertiary/aromatic N) is 1. The van der Waals surface area contributed by atoms with Crippen molar-refractivity contribution in [2.75, 3.05) is 16.8 Å². The first-order valence-electron chi connectivity index (χ1n) is 9.18. The van der Waals surface area contributed by atoms with Crippen molar-refractivity contribution < 1.29 is 14.4 Å². The standard InChI is InChI=1S/C21H21N3O3/c25-19-12-14(13-24(19)16-6-2-1-3-7-16)20(26)23-18-9-5-4-8-17(18)21(27)22-15-10-11-15/h1-9,14-15H,10-13H2,(H,22,27)(H,23,26)/t14-/m1/s1. The molecule has 1 heterocycles. The van der Waals surface area contributed by atoms with E-state index in [-0.39, 0.29) is 30.2 Å². The predicted molar refractivity (Wildman–Crippen MR) is 102 cm³/mol. The van der Waals surface area contributed by atoms with E-state index in [9.17, 15) is 14.4 Å². The Bertz CT molecular complexity index is 877. The van der Waals surface area contributed by atoms with Crippen LogP contribution < -0.4 is 15.5 Å². The third kappa shape index (κ3) is 3.84. The van der Waals surface area contributed by atoms with Crippen LogP contribution >= 0.6 is 0 Å². The molecular formula is C21H21N3O3. The molecule has 1 aliphatic heterocycles. The van der Waals surface area contributed by atoms with Crippen LogP contribution in [0.3, 0.4) is 0 Å². The molecule has 3 amide bonds. The van der Waals surface area contributed by atoms with Gasteiger partial charge in [-0.2, -0.15) is 0 Å². The molecule has 2 aromatic carbocycles. The van der Waals surface area contributed by atoms with Crippen LogP contribution in [-0.2, 0) is 9.59 Å². The molecule has 6 nitrogen and oxygen atoms in total. The second kappa shape index (κ2) is 7.23.